The van der Waals surface area contributed by atoms with E-state index in [1.807, 2.05) is 24.3 Å². The Labute approximate surface area is 170 Å². The SMILES string of the molecule is O=C1OC(=O)C23C4c5ccccc5C(c5ccc([N+](=O)[O-])cc54)C12C1CCC3C1F. The zero-order chi connectivity index (χ0) is 20.6. The van der Waals surface area contributed by atoms with Crippen molar-refractivity contribution < 1.29 is 23.6 Å². The van der Waals surface area contributed by atoms with Crippen LogP contribution in [0.2, 0.25) is 0 Å². The number of hydrogen-bond acceptors (Lipinski definition) is 5. The van der Waals surface area contributed by atoms with E-state index in [-0.39, 0.29) is 5.69 Å². The number of cyclic esters (lactones) is 2. The molecule has 6 aliphatic rings. The Kier molecular flexibility index (Phi) is 2.67. The minimum atomic E-state index is -1.33. The van der Waals surface area contributed by atoms with Gasteiger partial charge in [-0.15, -0.1) is 0 Å². The van der Waals surface area contributed by atoms with Crippen LogP contribution in [0.1, 0.15) is 46.9 Å². The van der Waals surface area contributed by atoms with Crippen LogP contribution >= 0.6 is 0 Å². The molecule has 0 radical (unpaired) electrons. The van der Waals surface area contributed by atoms with Crippen LogP contribution in [0.25, 0.3) is 0 Å². The summed E-state index contributed by atoms with van der Waals surface area (Å²) in [4.78, 5) is 37.9. The van der Waals surface area contributed by atoms with Gasteiger partial charge in [-0.05, 0) is 35.1 Å². The van der Waals surface area contributed by atoms with Crippen LogP contribution in [0.3, 0.4) is 0 Å². The molecule has 0 spiro atoms. The Balaban J connectivity index is 1.67. The largest absolute Gasteiger partial charge is 0.392 e. The third kappa shape index (κ3) is 1.34. The van der Waals surface area contributed by atoms with Crippen molar-refractivity contribution in [3.8, 4) is 0 Å². The summed E-state index contributed by atoms with van der Waals surface area (Å²) in [7, 11) is 0. The maximum Gasteiger partial charge on any atom is 0.322 e. The van der Waals surface area contributed by atoms with Crippen LogP contribution in [0.15, 0.2) is 42.5 Å². The number of non-ortho nitro benzene ring substituents is 1. The van der Waals surface area contributed by atoms with Gasteiger partial charge in [-0.3, -0.25) is 19.7 Å². The Morgan fingerprint density at radius 2 is 1.43 bits per heavy atom. The second-order valence-electron chi connectivity index (χ2n) is 9.22. The van der Waals surface area contributed by atoms with E-state index in [0.29, 0.717) is 18.4 Å². The van der Waals surface area contributed by atoms with Crippen molar-refractivity contribution in [1.82, 2.24) is 0 Å². The fraction of sp³-hybridized carbons (Fsp3) is 0.391. The number of carbonyl (C=O) groups is 2. The van der Waals surface area contributed by atoms with Crippen LogP contribution in [-0.2, 0) is 14.3 Å². The smallest absolute Gasteiger partial charge is 0.322 e. The highest BCUT2D eigenvalue weighted by atomic mass is 19.1. The number of alkyl halides is 1. The molecular weight excluding hydrogens is 389 g/mol. The summed E-state index contributed by atoms with van der Waals surface area (Å²) in [6.45, 7) is 0. The zero-order valence-electron chi connectivity index (χ0n) is 15.7. The number of nitro groups is 1. The van der Waals surface area contributed by atoms with Gasteiger partial charge in [0, 0.05) is 35.8 Å². The van der Waals surface area contributed by atoms with Gasteiger partial charge in [0.15, 0.2) is 0 Å². The molecule has 4 bridgehead atoms. The summed E-state index contributed by atoms with van der Waals surface area (Å²) in [5.41, 5.74) is 0.547. The molecule has 2 saturated carbocycles. The molecule has 5 aliphatic carbocycles. The number of esters is 2. The summed E-state index contributed by atoms with van der Waals surface area (Å²) in [6, 6.07) is 12.2. The summed E-state index contributed by atoms with van der Waals surface area (Å²) < 4.78 is 21.0. The molecule has 6 nitrogen and oxygen atoms in total. The number of hydrogen-bond donors (Lipinski definition) is 0. The van der Waals surface area contributed by atoms with Crippen molar-refractivity contribution in [3.05, 3.63) is 74.8 Å². The van der Waals surface area contributed by atoms with Crippen LogP contribution in [0.5, 0.6) is 0 Å². The molecule has 2 aromatic rings. The van der Waals surface area contributed by atoms with Crippen molar-refractivity contribution in [2.75, 3.05) is 0 Å². The molecule has 8 rings (SSSR count). The third-order valence-electron chi connectivity index (χ3n) is 8.70. The van der Waals surface area contributed by atoms with Crippen molar-refractivity contribution in [2.24, 2.45) is 22.7 Å². The molecule has 7 atom stereocenters. The van der Waals surface area contributed by atoms with E-state index in [9.17, 15) is 19.7 Å². The second kappa shape index (κ2) is 4.79. The van der Waals surface area contributed by atoms with Gasteiger partial charge in [0.05, 0.1) is 4.92 Å². The maximum absolute atomic E-state index is 15.7. The van der Waals surface area contributed by atoms with Crippen LogP contribution in [-0.4, -0.2) is 23.0 Å². The van der Waals surface area contributed by atoms with E-state index in [4.69, 9.17) is 4.74 Å². The highest BCUT2D eigenvalue weighted by Crippen LogP contribution is 2.84. The molecule has 2 aromatic carbocycles. The van der Waals surface area contributed by atoms with Gasteiger partial charge in [0.1, 0.15) is 17.0 Å². The lowest BCUT2D eigenvalue weighted by Gasteiger charge is -2.59. The zero-order valence-corrected chi connectivity index (χ0v) is 15.7. The molecule has 1 saturated heterocycles. The monoisotopic (exact) mass is 405 g/mol. The third-order valence-corrected chi connectivity index (χ3v) is 8.70. The number of rotatable bonds is 1. The quantitative estimate of drug-likeness (QED) is 0.313. The number of carbonyl (C=O) groups excluding carboxylic acids is 2. The molecule has 7 heteroatoms. The molecule has 1 aliphatic heterocycles. The number of fused-ring (bicyclic) bond motifs is 2. The summed E-state index contributed by atoms with van der Waals surface area (Å²) >= 11 is 0. The van der Waals surface area contributed by atoms with E-state index in [1.54, 1.807) is 6.07 Å². The van der Waals surface area contributed by atoms with E-state index in [2.05, 4.69) is 0 Å². The first-order valence-electron chi connectivity index (χ1n) is 10.2. The number of halogens is 1. The summed E-state index contributed by atoms with van der Waals surface area (Å²) in [5.74, 6) is -3.62. The molecule has 0 amide bonds. The van der Waals surface area contributed by atoms with Gasteiger partial charge in [-0.25, -0.2) is 4.39 Å². The van der Waals surface area contributed by atoms with Gasteiger partial charge >= 0.3 is 11.9 Å². The molecule has 3 fully saturated rings. The first-order chi connectivity index (χ1) is 14.5. The average molecular weight is 405 g/mol. The Bertz CT molecular complexity index is 1230. The first kappa shape index (κ1) is 16.7. The predicted octanol–water partition coefficient (Wildman–Crippen LogP) is 3.62. The molecule has 0 aromatic heterocycles. The standard InChI is InChI=1S/C23H16FNO5/c24-19-15-7-8-16(19)23-18-12-4-2-1-3-11(12)17(22(15,23)20(26)30-21(23)27)13-6-5-10(25(28)29)9-14(13)18/h1-6,9,15-19H,7-8H2. The summed E-state index contributed by atoms with van der Waals surface area (Å²) in [6.07, 6.45) is -0.194. The molecule has 0 N–H and O–H groups in total. The lowest BCUT2D eigenvalue weighted by Crippen LogP contribution is -2.61. The van der Waals surface area contributed by atoms with Crippen LogP contribution in [0, 0.1) is 32.8 Å². The highest BCUT2D eigenvalue weighted by molar-refractivity contribution is 6.07. The predicted molar refractivity (Wildman–Crippen MR) is 100 cm³/mol. The lowest BCUT2D eigenvalue weighted by atomic mass is 9.38. The number of benzene rings is 2. The summed E-state index contributed by atoms with van der Waals surface area (Å²) in [5, 5.41) is 11.5. The minimum absolute atomic E-state index is 0.0709. The Hall–Kier alpha value is -3.09. The number of nitrogens with zero attached hydrogens (tertiary/aromatic N) is 1. The topological polar surface area (TPSA) is 86.5 Å². The Morgan fingerprint density at radius 1 is 0.900 bits per heavy atom. The van der Waals surface area contributed by atoms with Crippen molar-refractivity contribution in [2.45, 2.75) is 30.8 Å². The van der Waals surface area contributed by atoms with Gasteiger partial charge < -0.3 is 4.74 Å². The molecule has 1 heterocycles. The molecule has 30 heavy (non-hydrogen) atoms. The van der Waals surface area contributed by atoms with Crippen molar-refractivity contribution >= 4 is 17.6 Å². The van der Waals surface area contributed by atoms with E-state index in [0.717, 1.165) is 16.7 Å². The highest BCUT2D eigenvalue weighted by Gasteiger charge is 2.89. The number of ether oxygens (including phenoxy) is 1. The molecular formula is C23H16FNO5. The fourth-order valence-electron chi connectivity index (χ4n) is 8.11. The van der Waals surface area contributed by atoms with E-state index >= 15 is 4.39 Å². The van der Waals surface area contributed by atoms with Crippen LogP contribution in [0.4, 0.5) is 10.1 Å². The van der Waals surface area contributed by atoms with E-state index < -0.39 is 57.5 Å². The normalized spacial score (nSPS) is 41.2. The van der Waals surface area contributed by atoms with Gasteiger partial charge in [-0.1, -0.05) is 30.3 Å². The average Bonchev–Trinajstić information content (AvgIpc) is 3.32. The fourth-order valence-corrected chi connectivity index (χ4v) is 8.11. The van der Waals surface area contributed by atoms with Gasteiger partial charge in [-0.2, -0.15) is 0 Å². The van der Waals surface area contributed by atoms with Crippen molar-refractivity contribution in [3.63, 3.8) is 0 Å². The minimum Gasteiger partial charge on any atom is -0.392 e. The van der Waals surface area contributed by atoms with Crippen LogP contribution < -0.4 is 0 Å². The lowest BCUT2D eigenvalue weighted by molar-refractivity contribution is -0.385. The van der Waals surface area contributed by atoms with Gasteiger partial charge in [0.2, 0.25) is 0 Å². The first-order valence-corrected chi connectivity index (χ1v) is 10.2. The van der Waals surface area contributed by atoms with Crippen molar-refractivity contribution in [1.29, 1.82) is 0 Å². The maximum atomic E-state index is 15.7. The number of nitro benzene ring substituents is 1. The van der Waals surface area contributed by atoms with E-state index in [1.165, 1.54) is 12.1 Å². The van der Waals surface area contributed by atoms with Gasteiger partial charge in [0.25, 0.3) is 5.69 Å². The Morgan fingerprint density at radius 3 is 2.00 bits per heavy atom. The second-order valence-corrected chi connectivity index (χ2v) is 9.22. The molecule has 7 unspecified atom stereocenters. The molecule has 150 valence electrons.